The molecule has 33 heavy (non-hydrogen) atoms. The lowest BCUT2D eigenvalue weighted by atomic mass is 10.0. The SMILES string of the molecule is O=C(Cc1ccccc1F)C[C@@H]1C2Oc3ccc(Oc4ccnc5c4CCC(=O)N5)cc3[C@H]21. The number of halogens is 1. The van der Waals surface area contributed by atoms with Gasteiger partial charge < -0.3 is 14.8 Å². The van der Waals surface area contributed by atoms with E-state index < -0.39 is 0 Å². The lowest BCUT2D eigenvalue weighted by Crippen LogP contribution is -2.20. The molecular formula is C26H21FN2O4. The van der Waals surface area contributed by atoms with Gasteiger partial charge in [-0.3, -0.25) is 9.59 Å². The molecule has 1 fully saturated rings. The van der Waals surface area contributed by atoms with Gasteiger partial charge in [0.15, 0.2) is 0 Å². The summed E-state index contributed by atoms with van der Waals surface area (Å²) in [6.07, 6.45) is 3.05. The van der Waals surface area contributed by atoms with Crippen molar-refractivity contribution in [2.75, 3.05) is 5.32 Å². The highest BCUT2D eigenvalue weighted by Gasteiger charge is 2.59. The topological polar surface area (TPSA) is 77.5 Å². The third-order valence-corrected chi connectivity index (χ3v) is 6.61. The molecule has 6 nitrogen and oxygen atoms in total. The molecule has 0 radical (unpaired) electrons. The Morgan fingerprint density at radius 2 is 2.06 bits per heavy atom. The van der Waals surface area contributed by atoms with E-state index in [-0.39, 0.29) is 41.9 Å². The molecule has 1 amide bonds. The minimum absolute atomic E-state index is 0.0104. The molecule has 3 atom stereocenters. The maximum absolute atomic E-state index is 13.9. The monoisotopic (exact) mass is 444 g/mol. The van der Waals surface area contributed by atoms with Crippen LogP contribution in [0.25, 0.3) is 0 Å². The Balaban J connectivity index is 1.16. The van der Waals surface area contributed by atoms with Crippen molar-refractivity contribution in [3.8, 4) is 17.2 Å². The summed E-state index contributed by atoms with van der Waals surface area (Å²) in [4.78, 5) is 28.4. The molecule has 3 aromatic rings. The fraction of sp³-hybridized carbons (Fsp3) is 0.269. The predicted molar refractivity (Wildman–Crippen MR) is 118 cm³/mol. The summed E-state index contributed by atoms with van der Waals surface area (Å²) in [6.45, 7) is 0. The second kappa shape index (κ2) is 7.69. The summed E-state index contributed by atoms with van der Waals surface area (Å²) in [7, 11) is 0. The second-order valence-electron chi connectivity index (χ2n) is 8.77. The van der Waals surface area contributed by atoms with Gasteiger partial charge in [0, 0.05) is 48.4 Å². The molecule has 2 aromatic carbocycles. The first-order valence-corrected chi connectivity index (χ1v) is 11.1. The van der Waals surface area contributed by atoms with E-state index in [9.17, 15) is 14.0 Å². The van der Waals surface area contributed by atoms with E-state index in [0.29, 0.717) is 42.1 Å². The molecule has 2 aliphatic heterocycles. The molecule has 6 rings (SSSR count). The Morgan fingerprint density at radius 1 is 1.18 bits per heavy atom. The minimum Gasteiger partial charge on any atom is -0.489 e. The van der Waals surface area contributed by atoms with Crippen LogP contribution in [0.15, 0.2) is 54.7 Å². The van der Waals surface area contributed by atoms with E-state index in [1.54, 1.807) is 30.5 Å². The number of hydrogen-bond acceptors (Lipinski definition) is 5. The summed E-state index contributed by atoms with van der Waals surface area (Å²) >= 11 is 0. The number of fused-ring (bicyclic) bond motifs is 4. The number of aromatic nitrogens is 1. The number of nitrogens with one attached hydrogen (secondary N) is 1. The second-order valence-corrected chi connectivity index (χ2v) is 8.77. The van der Waals surface area contributed by atoms with Crippen molar-refractivity contribution in [1.82, 2.24) is 4.98 Å². The van der Waals surface area contributed by atoms with E-state index >= 15 is 0 Å². The standard InChI is InChI=1S/C26H21FN2O4/c27-20-4-2-1-3-14(20)11-15(30)12-19-24-18-13-16(5-7-21(18)33-25(19)24)32-22-9-10-28-26-17(22)6-8-23(31)29-26/h1-5,7,9-10,13,19,24-25H,6,8,11-12H2,(H,28,29,31)/t19-,24-,25?/m0/s1. The van der Waals surface area contributed by atoms with E-state index in [1.807, 2.05) is 18.2 Å². The summed E-state index contributed by atoms with van der Waals surface area (Å²) in [6, 6.07) is 13.9. The van der Waals surface area contributed by atoms with Crippen molar-refractivity contribution in [2.24, 2.45) is 5.92 Å². The maximum Gasteiger partial charge on any atom is 0.225 e. The predicted octanol–water partition coefficient (Wildman–Crippen LogP) is 4.57. The normalized spacial score (nSPS) is 21.8. The zero-order valence-electron chi connectivity index (χ0n) is 17.7. The number of carbonyl (C=O) groups excluding carboxylic acids is 2. The molecular weight excluding hydrogens is 423 g/mol. The van der Waals surface area contributed by atoms with Gasteiger partial charge in [-0.15, -0.1) is 0 Å². The van der Waals surface area contributed by atoms with Crippen LogP contribution < -0.4 is 14.8 Å². The maximum atomic E-state index is 13.9. The first-order valence-electron chi connectivity index (χ1n) is 11.1. The first-order chi connectivity index (χ1) is 16.1. The van der Waals surface area contributed by atoms with Crippen LogP contribution in [0.2, 0.25) is 0 Å². The molecule has 3 aliphatic rings. The Labute approximate surface area is 189 Å². The van der Waals surface area contributed by atoms with Crippen LogP contribution in [-0.4, -0.2) is 22.8 Å². The third-order valence-electron chi connectivity index (χ3n) is 6.61. The van der Waals surface area contributed by atoms with E-state index in [0.717, 1.165) is 16.9 Å². The van der Waals surface area contributed by atoms with Gasteiger partial charge in [-0.25, -0.2) is 9.37 Å². The number of Topliss-reactive ketones (excluding diaryl/α,β-unsaturated/α-hetero) is 1. The number of carbonyl (C=O) groups is 2. The summed E-state index contributed by atoms with van der Waals surface area (Å²) in [5.74, 6) is 2.59. The van der Waals surface area contributed by atoms with Crippen molar-refractivity contribution >= 4 is 17.5 Å². The number of amides is 1. The quantitative estimate of drug-likeness (QED) is 0.603. The molecule has 166 valence electrons. The molecule has 1 N–H and O–H groups in total. The average molecular weight is 444 g/mol. The Kier molecular flexibility index (Phi) is 4.64. The lowest BCUT2D eigenvalue weighted by Gasteiger charge is -2.19. The van der Waals surface area contributed by atoms with Gasteiger partial charge in [0.1, 0.15) is 40.8 Å². The largest absolute Gasteiger partial charge is 0.489 e. The van der Waals surface area contributed by atoms with Crippen molar-refractivity contribution < 1.29 is 23.5 Å². The third kappa shape index (κ3) is 3.63. The average Bonchev–Trinajstić information content (AvgIpc) is 3.31. The number of ketones is 1. The van der Waals surface area contributed by atoms with Crippen molar-refractivity contribution in [2.45, 2.75) is 37.7 Å². The molecule has 0 spiro atoms. The van der Waals surface area contributed by atoms with Gasteiger partial charge in [0.05, 0.1) is 0 Å². The molecule has 1 aromatic heterocycles. The fourth-order valence-corrected chi connectivity index (χ4v) is 4.93. The Bertz CT molecular complexity index is 1290. The smallest absolute Gasteiger partial charge is 0.225 e. The number of pyridine rings is 1. The number of rotatable bonds is 6. The number of hydrogen-bond donors (Lipinski definition) is 1. The zero-order chi connectivity index (χ0) is 22.5. The van der Waals surface area contributed by atoms with Gasteiger partial charge in [-0.2, -0.15) is 0 Å². The van der Waals surface area contributed by atoms with Gasteiger partial charge in [0.25, 0.3) is 0 Å². The van der Waals surface area contributed by atoms with E-state index in [2.05, 4.69) is 10.3 Å². The highest BCUT2D eigenvalue weighted by Crippen LogP contribution is 2.60. The van der Waals surface area contributed by atoms with Gasteiger partial charge >= 0.3 is 0 Å². The van der Waals surface area contributed by atoms with Gasteiger partial charge in [0.2, 0.25) is 5.91 Å². The van der Waals surface area contributed by atoms with Crippen LogP contribution in [-0.2, 0) is 22.4 Å². The van der Waals surface area contributed by atoms with E-state index in [4.69, 9.17) is 9.47 Å². The van der Waals surface area contributed by atoms with Crippen molar-refractivity contribution in [1.29, 1.82) is 0 Å². The van der Waals surface area contributed by atoms with Crippen LogP contribution in [0, 0.1) is 11.7 Å². The van der Waals surface area contributed by atoms with Crippen molar-refractivity contribution in [3.63, 3.8) is 0 Å². The minimum atomic E-state index is -0.344. The molecule has 1 unspecified atom stereocenters. The van der Waals surface area contributed by atoms with E-state index in [1.165, 1.54) is 6.07 Å². The Hall–Kier alpha value is -3.74. The van der Waals surface area contributed by atoms with Crippen LogP contribution in [0.5, 0.6) is 17.2 Å². The molecule has 0 bridgehead atoms. The van der Waals surface area contributed by atoms with Crippen LogP contribution >= 0.6 is 0 Å². The van der Waals surface area contributed by atoms with Crippen LogP contribution in [0.4, 0.5) is 10.2 Å². The molecule has 0 saturated heterocycles. The highest BCUT2D eigenvalue weighted by molar-refractivity contribution is 5.93. The number of benzene rings is 2. The van der Waals surface area contributed by atoms with Gasteiger partial charge in [-0.1, -0.05) is 18.2 Å². The zero-order valence-corrected chi connectivity index (χ0v) is 17.7. The fourth-order valence-electron chi connectivity index (χ4n) is 4.93. The van der Waals surface area contributed by atoms with Gasteiger partial charge in [-0.05, 0) is 42.3 Å². The molecule has 1 aliphatic carbocycles. The summed E-state index contributed by atoms with van der Waals surface area (Å²) in [5, 5.41) is 2.78. The molecule has 7 heteroatoms. The number of ether oxygens (including phenoxy) is 2. The lowest BCUT2D eigenvalue weighted by molar-refractivity contribution is -0.119. The summed E-state index contributed by atoms with van der Waals surface area (Å²) < 4.78 is 26.1. The summed E-state index contributed by atoms with van der Waals surface area (Å²) in [5.41, 5.74) is 2.36. The first kappa shape index (κ1) is 19.9. The highest BCUT2D eigenvalue weighted by atomic mass is 19.1. The molecule has 3 heterocycles. The number of nitrogens with zero attached hydrogens (tertiary/aromatic N) is 1. The number of anilines is 1. The Morgan fingerprint density at radius 3 is 2.94 bits per heavy atom. The van der Waals surface area contributed by atoms with Crippen LogP contribution in [0.3, 0.4) is 0 Å². The van der Waals surface area contributed by atoms with Crippen molar-refractivity contribution in [3.05, 3.63) is 77.2 Å². The molecule has 1 saturated carbocycles. The van der Waals surface area contributed by atoms with Crippen LogP contribution in [0.1, 0.15) is 35.4 Å².